The van der Waals surface area contributed by atoms with Gasteiger partial charge in [-0.25, -0.2) is 0 Å². The van der Waals surface area contributed by atoms with Gasteiger partial charge >= 0.3 is 0 Å². The molecule has 0 aromatic carbocycles. The average molecular weight is 320 g/mol. The summed E-state index contributed by atoms with van der Waals surface area (Å²) >= 11 is 0. The molecule has 0 saturated carbocycles. The normalized spacial score (nSPS) is 35.6. The Balaban J connectivity index is 2.05. The van der Waals surface area contributed by atoms with Crippen LogP contribution in [0.5, 0.6) is 0 Å². The first-order valence-electron chi connectivity index (χ1n) is 7.74. The highest BCUT2D eigenvalue weighted by atomic mass is 16.8. The largest absolute Gasteiger partial charge is 0.390 e. The van der Waals surface area contributed by atoms with Crippen LogP contribution in [-0.2, 0) is 23.7 Å². The van der Waals surface area contributed by atoms with Crippen molar-refractivity contribution in [2.75, 3.05) is 13.4 Å². The van der Waals surface area contributed by atoms with Crippen molar-refractivity contribution in [3.8, 4) is 0 Å². The molecule has 2 rings (SSSR count). The van der Waals surface area contributed by atoms with Crippen LogP contribution in [0.25, 0.3) is 0 Å². The average Bonchev–Trinajstić information content (AvgIpc) is 2.80. The van der Waals surface area contributed by atoms with E-state index < -0.39 is 42.1 Å². The molecular weight excluding hydrogens is 292 g/mol. The quantitative estimate of drug-likeness (QED) is 0.529. The lowest BCUT2D eigenvalue weighted by molar-refractivity contribution is -0.238. The van der Waals surface area contributed by atoms with Crippen LogP contribution in [-0.4, -0.2) is 65.7 Å². The van der Waals surface area contributed by atoms with Crippen molar-refractivity contribution in [1.29, 1.82) is 0 Å². The third-order valence-corrected chi connectivity index (χ3v) is 3.66. The number of hydrogen-bond acceptors (Lipinski definition) is 7. The lowest BCUT2D eigenvalue weighted by Gasteiger charge is -2.30. The third-order valence-electron chi connectivity index (χ3n) is 3.66. The Kier molecular flexibility index (Phi) is 5.49. The molecule has 0 unspecified atom stereocenters. The summed E-state index contributed by atoms with van der Waals surface area (Å²) in [5, 5.41) is 20.3. The second kappa shape index (κ2) is 6.68. The molecule has 7 heteroatoms. The highest BCUT2D eigenvalue weighted by molar-refractivity contribution is 4.97. The van der Waals surface area contributed by atoms with Gasteiger partial charge in [0.25, 0.3) is 0 Å². The van der Waals surface area contributed by atoms with Crippen LogP contribution in [0.1, 0.15) is 41.0 Å². The van der Waals surface area contributed by atoms with Crippen molar-refractivity contribution in [3.05, 3.63) is 0 Å². The maximum Gasteiger partial charge on any atom is 0.190 e. The Morgan fingerprint density at radius 1 is 1.27 bits per heavy atom. The van der Waals surface area contributed by atoms with Gasteiger partial charge in [0.2, 0.25) is 0 Å². The summed E-state index contributed by atoms with van der Waals surface area (Å²) in [5.41, 5.74) is -1.01. The zero-order chi connectivity index (χ0) is 16.5. The summed E-state index contributed by atoms with van der Waals surface area (Å²) in [7, 11) is 0. The fourth-order valence-electron chi connectivity index (χ4n) is 2.84. The molecule has 2 N–H and O–H groups in total. The second-order valence-electron chi connectivity index (χ2n) is 6.90. The maximum absolute atomic E-state index is 10.4. The molecule has 2 heterocycles. The molecule has 130 valence electrons. The van der Waals surface area contributed by atoms with Crippen molar-refractivity contribution in [2.45, 2.75) is 83.1 Å². The summed E-state index contributed by atoms with van der Waals surface area (Å²) in [6, 6.07) is 0. The van der Waals surface area contributed by atoms with Crippen LogP contribution >= 0.6 is 0 Å². The number of fused-ring (bicyclic) bond motifs is 1. The van der Waals surface area contributed by atoms with E-state index in [2.05, 4.69) is 0 Å². The summed E-state index contributed by atoms with van der Waals surface area (Å²) in [6.07, 6.45) is -2.92. The number of aliphatic hydroxyl groups excluding tert-OH is 1. The standard InChI is InChI=1S/C15H28O7/c1-6-18-8-19-11-10(9(16)7-14(2,3)17)20-13-12(11)21-15(4,5)22-13/h9-13,16-17H,6-8H2,1-5H3/t9-,10-,11+,12-,13-/m1/s1. The first-order chi connectivity index (χ1) is 10.1. The Morgan fingerprint density at radius 3 is 2.55 bits per heavy atom. The number of rotatable bonds is 7. The Bertz CT molecular complexity index is 365. The van der Waals surface area contributed by atoms with Gasteiger partial charge in [-0.05, 0) is 34.6 Å². The molecule has 0 aromatic heterocycles. The fraction of sp³-hybridized carbons (Fsp3) is 1.00. The molecule has 2 saturated heterocycles. The van der Waals surface area contributed by atoms with Gasteiger partial charge in [-0.3, -0.25) is 0 Å². The maximum atomic E-state index is 10.4. The van der Waals surface area contributed by atoms with Crippen molar-refractivity contribution < 1.29 is 33.9 Å². The minimum absolute atomic E-state index is 0.0866. The van der Waals surface area contributed by atoms with E-state index in [0.29, 0.717) is 6.61 Å². The van der Waals surface area contributed by atoms with E-state index in [1.807, 2.05) is 6.92 Å². The SMILES string of the molecule is CCOCO[C@@H]1[C@H]2OC(C)(C)O[C@H]2O[C@@H]1[C@H](O)CC(C)(C)O. The van der Waals surface area contributed by atoms with E-state index in [1.54, 1.807) is 27.7 Å². The van der Waals surface area contributed by atoms with Crippen LogP contribution < -0.4 is 0 Å². The third kappa shape index (κ3) is 4.38. The molecule has 22 heavy (non-hydrogen) atoms. The predicted molar refractivity (Wildman–Crippen MR) is 77.0 cm³/mol. The van der Waals surface area contributed by atoms with Gasteiger partial charge in [-0.2, -0.15) is 0 Å². The molecule has 0 spiro atoms. The number of hydrogen-bond donors (Lipinski definition) is 2. The van der Waals surface area contributed by atoms with Crippen molar-refractivity contribution in [1.82, 2.24) is 0 Å². The highest BCUT2D eigenvalue weighted by Gasteiger charge is 2.57. The molecule has 0 amide bonds. The number of aliphatic hydroxyl groups is 2. The summed E-state index contributed by atoms with van der Waals surface area (Å²) in [6.45, 7) is 9.37. The summed E-state index contributed by atoms with van der Waals surface area (Å²) in [5.74, 6) is -0.755. The molecule has 2 aliphatic rings. The molecule has 0 aromatic rings. The van der Waals surface area contributed by atoms with Crippen molar-refractivity contribution in [3.63, 3.8) is 0 Å². The van der Waals surface area contributed by atoms with Crippen molar-refractivity contribution >= 4 is 0 Å². The van der Waals surface area contributed by atoms with Crippen LogP contribution in [0.15, 0.2) is 0 Å². The molecule has 0 aliphatic carbocycles. The van der Waals surface area contributed by atoms with E-state index in [1.165, 1.54) is 0 Å². The minimum atomic E-state index is -1.01. The predicted octanol–water partition coefficient (Wildman–Crippen LogP) is 0.764. The highest BCUT2D eigenvalue weighted by Crippen LogP contribution is 2.40. The van der Waals surface area contributed by atoms with Crippen LogP contribution in [0.2, 0.25) is 0 Å². The van der Waals surface area contributed by atoms with Gasteiger partial charge in [-0.15, -0.1) is 0 Å². The number of ether oxygens (including phenoxy) is 5. The van der Waals surface area contributed by atoms with Crippen molar-refractivity contribution in [2.24, 2.45) is 0 Å². The lowest BCUT2D eigenvalue weighted by Crippen LogP contribution is -2.45. The molecule has 0 bridgehead atoms. The Labute approximate surface area is 131 Å². The van der Waals surface area contributed by atoms with Gasteiger partial charge < -0.3 is 33.9 Å². The first kappa shape index (κ1) is 18.1. The Morgan fingerprint density at radius 2 is 1.95 bits per heavy atom. The molecule has 0 radical (unpaired) electrons. The van der Waals surface area contributed by atoms with Gasteiger partial charge in [0.1, 0.15) is 25.1 Å². The summed E-state index contributed by atoms with van der Waals surface area (Å²) < 4.78 is 28.2. The van der Waals surface area contributed by atoms with Gasteiger partial charge in [0, 0.05) is 13.0 Å². The smallest absolute Gasteiger partial charge is 0.190 e. The second-order valence-corrected chi connectivity index (χ2v) is 6.90. The zero-order valence-corrected chi connectivity index (χ0v) is 13.9. The van der Waals surface area contributed by atoms with E-state index in [4.69, 9.17) is 23.7 Å². The minimum Gasteiger partial charge on any atom is -0.390 e. The van der Waals surface area contributed by atoms with Gasteiger partial charge in [0.15, 0.2) is 12.1 Å². The Hall–Kier alpha value is -0.280. The van der Waals surface area contributed by atoms with E-state index >= 15 is 0 Å². The van der Waals surface area contributed by atoms with Gasteiger partial charge in [0.05, 0.1) is 11.7 Å². The molecule has 2 fully saturated rings. The van der Waals surface area contributed by atoms with Crippen LogP contribution in [0, 0.1) is 0 Å². The molecule has 7 nitrogen and oxygen atoms in total. The van der Waals surface area contributed by atoms with Crippen LogP contribution in [0.4, 0.5) is 0 Å². The van der Waals surface area contributed by atoms with E-state index in [0.717, 1.165) is 0 Å². The van der Waals surface area contributed by atoms with E-state index in [-0.39, 0.29) is 13.2 Å². The fourth-order valence-corrected chi connectivity index (χ4v) is 2.84. The first-order valence-corrected chi connectivity index (χ1v) is 7.74. The molecule has 2 aliphatic heterocycles. The molecule has 5 atom stereocenters. The monoisotopic (exact) mass is 320 g/mol. The lowest BCUT2D eigenvalue weighted by atomic mass is 9.95. The van der Waals surface area contributed by atoms with Gasteiger partial charge in [-0.1, -0.05) is 0 Å². The summed E-state index contributed by atoms with van der Waals surface area (Å²) in [4.78, 5) is 0. The van der Waals surface area contributed by atoms with E-state index in [9.17, 15) is 10.2 Å². The topological polar surface area (TPSA) is 86.6 Å². The zero-order valence-electron chi connectivity index (χ0n) is 13.9. The molecular formula is C15H28O7. The van der Waals surface area contributed by atoms with Crippen LogP contribution in [0.3, 0.4) is 0 Å².